The number of amides is 1. The number of nitrogens with zero attached hydrogens (tertiary/aromatic N) is 4. The number of hydrogen-bond acceptors (Lipinski definition) is 5. The predicted molar refractivity (Wildman–Crippen MR) is 89.9 cm³/mol. The van der Waals surface area contributed by atoms with Crippen molar-refractivity contribution in [2.24, 2.45) is 0 Å². The lowest BCUT2D eigenvalue weighted by molar-refractivity contribution is -0.113. The molecule has 1 aromatic heterocycles. The minimum atomic E-state index is -0.549. The van der Waals surface area contributed by atoms with Crippen LogP contribution < -0.4 is 5.32 Å². The molecule has 0 aliphatic rings. The number of rotatable bonds is 5. The van der Waals surface area contributed by atoms with Crippen LogP contribution in [0.4, 0.5) is 10.1 Å². The van der Waals surface area contributed by atoms with E-state index in [2.05, 4.69) is 20.8 Å². The molecule has 3 aromatic rings. The Morgan fingerprint density at radius 2 is 2.04 bits per heavy atom. The molecule has 1 N–H and O–H groups in total. The van der Waals surface area contributed by atoms with Crippen LogP contribution in [0.3, 0.4) is 0 Å². The van der Waals surface area contributed by atoms with Gasteiger partial charge in [-0.3, -0.25) is 4.79 Å². The normalized spacial score (nSPS) is 10.6. The second kappa shape index (κ2) is 7.41. The number of halogens is 2. The average molecular weight is 364 g/mol. The van der Waals surface area contributed by atoms with Gasteiger partial charge in [-0.15, -0.1) is 5.10 Å². The van der Waals surface area contributed by atoms with Crippen molar-refractivity contribution >= 4 is 35.0 Å². The van der Waals surface area contributed by atoms with Crippen LogP contribution in [0.25, 0.3) is 5.69 Å². The molecule has 9 heteroatoms. The molecule has 0 saturated heterocycles. The fourth-order valence-corrected chi connectivity index (χ4v) is 2.77. The standard InChI is InChI=1S/C15H11ClFN5OS/c16-10-6-7-12(17)13(8-10)18-14(23)9-24-15-19-20-21-22(15)11-4-2-1-3-5-11/h1-8H,9H2,(H,18,23). The Hall–Kier alpha value is -2.45. The van der Waals surface area contributed by atoms with Gasteiger partial charge in [0.25, 0.3) is 0 Å². The number of benzene rings is 2. The summed E-state index contributed by atoms with van der Waals surface area (Å²) in [6.45, 7) is 0. The Morgan fingerprint density at radius 1 is 1.25 bits per heavy atom. The van der Waals surface area contributed by atoms with Crippen molar-refractivity contribution in [1.82, 2.24) is 20.2 Å². The molecule has 0 aliphatic carbocycles. The van der Waals surface area contributed by atoms with Gasteiger partial charge in [0.1, 0.15) is 5.82 Å². The molecule has 0 saturated carbocycles. The van der Waals surface area contributed by atoms with Crippen molar-refractivity contribution in [3.8, 4) is 5.69 Å². The molecule has 1 amide bonds. The first kappa shape index (κ1) is 16.4. The molecule has 0 unspecified atom stereocenters. The van der Waals surface area contributed by atoms with Gasteiger partial charge in [0.15, 0.2) is 0 Å². The van der Waals surface area contributed by atoms with Crippen LogP contribution in [0.5, 0.6) is 0 Å². The third-order valence-corrected chi connectivity index (χ3v) is 4.13. The minimum Gasteiger partial charge on any atom is -0.323 e. The van der Waals surface area contributed by atoms with Crippen LogP contribution >= 0.6 is 23.4 Å². The molecule has 24 heavy (non-hydrogen) atoms. The Kier molecular flexibility index (Phi) is 5.07. The van der Waals surface area contributed by atoms with Crippen molar-refractivity contribution in [3.63, 3.8) is 0 Å². The van der Waals surface area contributed by atoms with E-state index >= 15 is 0 Å². The number of nitrogens with one attached hydrogen (secondary N) is 1. The third-order valence-electron chi connectivity index (χ3n) is 2.98. The summed E-state index contributed by atoms with van der Waals surface area (Å²) in [5.41, 5.74) is 0.821. The molecule has 0 fully saturated rings. The van der Waals surface area contributed by atoms with E-state index in [9.17, 15) is 9.18 Å². The second-order valence-electron chi connectivity index (χ2n) is 4.67. The van der Waals surface area contributed by atoms with Gasteiger partial charge >= 0.3 is 0 Å². The highest BCUT2D eigenvalue weighted by Crippen LogP contribution is 2.21. The van der Waals surface area contributed by atoms with Gasteiger partial charge in [-0.05, 0) is 40.8 Å². The number of para-hydroxylation sites is 1. The van der Waals surface area contributed by atoms with Gasteiger partial charge in [0.2, 0.25) is 11.1 Å². The van der Waals surface area contributed by atoms with Crippen LogP contribution in [0, 0.1) is 5.82 Å². The fraction of sp³-hybridized carbons (Fsp3) is 0.0667. The molecular weight excluding hydrogens is 353 g/mol. The zero-order valence-electron chi connectivity index (χ0n) is 12.2. The molecular formula is C15H11ClFN5OS. The molecule has 122 valence electrons. The van der Waals surface area contributed by atoms with E-state index in [1.807, 2.05) is 30.3 Å². The molecule has 0 bridgehead atoms. The summed E-state index contributed by atoms with van der Waals surface area (Å²) < 4.78 is 15.1. The summed E-state index contributed by atoms with van der Waals surface area (Å²) in [6, 6.07) is 13.3. The summed E-state index contributed by atoms with van der Waals surface area (Å²) in [5, 5.41) is 14.7. The minimum absolute atomic E-state index is 0.0269. The quantitative estimate of drug-likeness (QED) is 0.705. The highest BCUT2D eigenvalue weighted by atomic mass is 35.5. The van der Waals surface area contributed by atoms with Crippen LogP contribution in [-0.4, -0.2) is 31.9 Å². The van der Waals surface area contributed by atoms with Crippen LogP contribution in [0.2, 0.25) is 5.02 Å². The van der Waals surface area contributed by atoms with Crippen LogP contribution in [-0.2, 0) is 4.79 Å². The van der Waals surface area contributed by atoms with Crippen molar-refractivity contribution in [2.45, 2.75) is 5.16 Å². The second-order valence-corrected chi connectivity index (χ2v) is 6.05. The molecule has 2 aromatic carbocycles. The van der Waals surface area contributed by atoms with Gasteiger partial charge in [0.05, 0.1) is 17.1 Å². The van der Waals surface area contributed by atoms with E-state index < -0.39 is 5.82 Å². The zero-order valence-corrected chi connectivity index (χ0v) is 13.8. The number of anilines is 1. The first-order valence-corrected chi connectivity index (χ1v) is 8.21. The molecule has 0 spiro atoms. The summed E-state index contributed by atoms with van der Waals surface area (Å²) in [5.74, 6) is -0.908. The topological polar surface area (TPSA) is 72.7 Å². The predicted octanol–water partition coefficient (Wildman–Crippen LogP) is 3.19. The molecule has 1 heterocycles. The van der Waals surface area contributed by atoms with E-state index in [1.54, 1.807) is 0 Å². The number of carbonyl (C=O) groups is 1. The number of thioether (sulfide) groups is 1. The summed E-state index contributed by atoms with van der Waals surface area (Å²) in [6.07, 6.45) is 0. The van der Waals surface area contributed by atoms with E-state index in [-0.39, 0.29) is 17.3 Å². The number of aromatic nitrogens is 4. The fourth-order valence-electron chi connectivity index (χ4n) is 1.91. The van der Waals surface area contributed by atoms with E-state index in [4.69, 9.17) is 11.6 Å². The third kappa shape index (κ3) is 3.90. The smallest absolute Gasteiger partial charge is 0.234 e. The molecule has 0 atom stereocenters. The summed E-state index contributed by atoms with van der Waals surface area (Å²) >= 11 is 6.94. The van der Waals surface area contributed by atoms with Gasteiger partial charge in [-0.1, -0.05) is 41.6 Å². The monoisotopic (exact) mass is 363 g/mol. The van der Waals surface area contributed by atoms with Crippen molar-refractivity contribution in [2.75, 3.05) is 11.1 Å². The lowest BCUT2D eigenvalue weighted by Gasteiger charge is -2.07. The zero-order chi connectivity index (χ0) is 16.9. The number of carbonyl (C=O) groups excluding carboxylic acids is 1. The van der Waals surface area contributed by atoms with Gasteiger partial charge < -0.3 is 5.32 Å². The molecule has 6 nitrogen and oxygen atoms in total. The van der Waals surface area contributed by atoms with Crippen LogP contribution in [0.1, 0.15) is 0 Å². The van der Waals surface area contributed by atoms with E-state index in [1.165, 1.54) is 22.9 Å². The largest absolute Gasteiger partial charge is 0.323 e. The van der Waals surface area contributed by atoms with Crippen molar-refractivity contribution < 1.29 is 9.18 Å². The maximum Gasteiger partial charge on any atom is 0.234 e. The number of hydrogen-bond donors (Lipinski definition) is 1. The maximum atomic E-state index is 13.6. The van der Waals surface area contributed by atoms with Crippen LogP contribution in [0.15, 0.2) is 53.7 Å². The summed E-state index contributed by atoms with van der Waals surface area (Å²) in [4.78, 5) is 12.0. The van der Waals surface area contributed by atoms with Crippen molar-refractivity contribution in [1.29, 1.82) is 0 Å². The van der Waals surface area contributed by atoms with Gasteiger partial charge in [0, 0.05) is 5.02 Å². The molecule has 3 rings (SSSR count). The Labute approximate surface area is 146 Å². The van der Waals surface area contributed by atoms with Gasteiger partial charge in [-0.2, -0.15) is 4.68 Å². The van der Waals surface area contributed by atoms with E-state index in [0.717, 1.165) is 17.4 Å². The highest BCUT2D eigenvalue weighted by molar-refractivity contribution is 7.99. The Balaban J connectivity index is 1.65. The highest BCUT2D eigenvalue weighted by Gasteiger charge is 2.13. The first-order valence-electron chi connectivity index (χ1n) is 6.85. The Bertz CT molecular complexity index is 858. The molecule has 0 aliphatic heterocycles. The van der Waals surface area contributed by atoms with Gasteiger partial charge in [-0.25, -0.2) is 4.39 Å². The Morgan fingerprint density at radius 3 is 2.83 bits per heavy atom. The molecule has 0 radical (unpaired) electrons. The number of tetrazole rings is 1. The van der Waals surface area contributed by atoms with E-state index in [0.29, 0.717) is 10.2 Å². The summed E-state index contributed by atoms with van der Waals surface area (Å²) in [7, 11) is 0. The lowest BCUT2D eigenvalue weighted by Crippen LogP contribution is -2.15. The lowest BCUT2D eigenvalue weighted by atomic mass is 10.3. The average Bonchev–Trinajstić information content (AvgIpc) is 3.06. The SMILES string of the molecule is O=C(CSc1nnnn1-c1ccccc1)Nc1cc(Cl)ccc1F. The maximum absolute atomic E-state index is 13.6. The van der Waals surface area contributed by atoms with Crippen molar-refractivity contribution in [3.05, 3.63) is 59.4 Å². The first-order chi connectivity index (χ1) is 11.6.